The lowest BCUT2D eigenvalue weighted by Gasteiger charge is -2.23. The number of carbonyl (C=O) groups excluding carboxylic acids is 1. The molecule has 0 atom stereocenters. The molecule has 0 bridgehead atoms. The van der Waals surface area contributed by atoms with Crippen LogP contribution in [0.2, 0.25) is 0 Å². The van der Waals surface area contributed by atoms with Crippen LogP contribution in [0.15, 0.2) is 18.2 Å². The van der Waals surface area contributed by atoms with E-state index in [9.17, 15) is 4.79 Å². The summed E-state index contributed by atoms with van der Waals surface area (Å²) in [5, 5.41) is 3.03. The molecule has 108 valence electrons. The average Bonchev–Trinajstić information content (AvgIpc) is 2.94. The van der Waals surface area contributed by atoms with E-state index >= 15 is 0 Å². The molecule has 3 rings (SSSR count). The molecule has 4 heteroatoms. The number of nitrogens with one attached hydrogen (secondary N) is 2. The fraction of sp³-hybridized carbons (Fsp3) is 0.562. The fourth-order valence-electron chi connectivity index (χ4n) is 3.07. The number of amides is 1. The standard InChI is InChI=1S/C16H22N2O2/c19-16(6-7-18-8-10-20-11-9-18)17-15-5-4-13-2-1-3-14(13)12-15/h4-5,12H,1-3,6-11H2,(H,17,19)/p+1. The molecule has 1 aromatic rings. The van der Waals surface area contributed by atoms with Crippen LogP contribution in [0.1, 0.15) is 24.0 Å². The van der Waals surface area contributed by atoms with Crippen LogP contribution in [0, 0.1) is 0 Å². The lowest BCUT2D eigenvalue weighted by Crippen LogP contribution is -3.14. The number of rotatable bonds is 4. The minimum atomic E-state index is 0.127. The van der Waals surface area contributed by atoms with Crippen LogP contribution in [0.3, 0.4) is 0 Å². The third-order valence-electron chi connectivity index (χ3n) is 4.29. The first-order chi connectivity index (χ1) is 9.81. The molecule has 1 aliphatic carbocycles. The molecule has 4 nitrogen and oxygen atoms in total. The Morgan fingerprint density at radius 3 is 2.85 bits per heavy atom. The first-order valence-corrected chi connectivity index (χ1v) is 7.64. The number of hydrogen-bond acceptors (Lipinski definition) is 2. The summed E-state index contributed by atoms with van der Waals surface area (Å²) in [5.41, 5.74) is 3.80. The highest BCUT2D eigenvalue weighted by Gasteiger charge is 2.16. The second-order valence-electron chi connectivity index (χ2n) is 5.75. The molecule has 1 amide bonds. The maximum absolute atomic E-state index is 12.0. The van der Waals surface area contributed by atoms with E-state index in [0.717, 1.165) is 45.0 Å². The Labute approximate surface area is 120 Å². The van der Waals surface area contributed by atoms with Crippen molar-refractivity contribution in [3.8, 4) is 0 Å². The van der Waals surface area contributed by atoms with Crippen molar-refractivity contribution in [2.75, 3.05) is 38.2 Å². The normalized spacial score (nSPS) is 18.8. The highest BCUT2D eigenvalue weighted by molar-refractivity contribution is 5.90. The summed E-state index contributed by atoms with van der Waals surface area (Å²) in [4.78, 5) is 13.5. The summed E-state index contributed by atoms with van der Waals surface area (Å²) in [7, 11) is 0. The highest BCUT2D eigenvalue weighted by Crippen LogP contribution is 2.24. The van der Waals surface area contributed by atoms with Gasteiger partial charge in [0.25, 0.3) is 0 Å². The predicted molar refractivity (Wildman–Crippen MR) is 78.1 cm³/mol. The quantitative estimate of drug-likeness (QED) is 0.836. The molecule has 2 aliphatic rings. The van der Waals surface area contributed by atoms with Gasteiger partial charge in [-0.3, -0.25) is 4.79 Å². The molecule has 0 unspecified atom stereocenters. The molecule has 2 N–H and O–H groups in total. The van der Waals surface area contributed by atoms with Crippen molar-refractivity contribution in [2.24, 2.45) is 0 Å². The Bertz CT molecular complexity index is 481. The van der Waals surface area contributed by atoms with Crippen molar-refractivity contribution < 1.29 is 14.4 Å². The molecule has 0 radical (unpaired) electrons. The molecule has 0 saturated carbocycles. The number of carbonyl (C=O) groups is 1. The number of hydrogen-bond donors (Lipinski definition) is 2. The van der Waals surface area contributed by atoms with Gasteiger partial charge in [0.1, 0.15) is 13.1 Å². The topological polar surface area (TPSA) is 42.8 Å². The molecule has 1 aliphatic heterocycles. The van der Waals surface area contributed by atoms with Crippen LogP contribution in [0.25, 0.3) is 0 Å². The van der Waals surface area contributed by atoms with Gasteiger partial charge in [0.2, 0.25) is 5.91 Å². The van der Waals surface area contributed by atoms with Gasteiger partial charge in [-0.2, -0.15) is 0 Å². The maximum atomic E-state index is 12.0. The molecule has 1 heterocycles. The van der Waals surface area contributed by atoms with Gasteiger partial charge in [-0.05, 0) is 42.5 Å². The van der Waals surface area contributed by atoms with Gasteiger partial charge in [0.05, 0.1) is 26.2 Å². The predicted octanol–water partition coefficient (Wildman–Crippen LogP) is 0.419. The molecule has 1 fully saturated rings. The highest BCUT2D eigenvalue weighted by atomic mass is 16.5. The molecule has 20 heavy (non-hydrogen) atoms. The molecule has 1 saturated heterocycles. The Hall–Kier alpha value is -1.39. The molecule has 0 spiro atoms. The third-order valence-corrected chi connectivity index (χ3v) is 4.29. The van der Waals surface area contributed by atoms with E-state index in [-0.39, 0.29) is 5.91 Å². The number of quaternary nitrogens is 1. The van der Waals surface area contributed by atoms with Crippen molar-refractivity contribution in [3.05, 3.63) is 29.3 Å². The lowest BCUT2D eigenvalue weighted by molar-refractivity contribution is -0.907. The van der Waals surface area contributed by atoms with Crippen LogP contribution in [0.4, 0.5) is 5.69 Å². The Balaban J connectivity index is 1.48. The summed E-state index contributed by atoms with van der Waals surface area (Å²) in [6.07, 6.45) is 4.17. The first kappa shape index (κ1) is 13.6. The molecule has 0 aromatic heterocycles. The number of anilines is 1. The zero-order valence-electron chi connectivity index (χ0n) is 11.9. The van der Waals surface area contributed by atoms with E-state index in [4.69, 9.17) is 4.74 Å². The van der Waals surface area contributed by atoms with Crippen molar-refractivity contribution in [3.63, 3.8) is 0 Å². The minimum absolute atomic E-state index is 0.127. The number of morpholine rings is 1. The largest absolute Gasteiger partial charge is 0.370 e. The summed E-state index contributed by atoms with van der Waals surface area (Å²) in [6, 6.07) is 6.33. The Kier molecular flexibility index (Phi) is 4.33. The van der Waals surface area contributed by atoms with Gasteiger partial charge in [0.15, 0.2) is 0 Å². The summed E-state index contributed by atoms with van der Waals surface area (Å²) >= 11 is 0. The number of aryl methyl sites for hydroxylation is 2. The number of fused-ring (bicyclic) bond motifs is 1. The van der Waals surface area contributed by atoms with Crippen molar-refractivity contribution in [1.82, 2.24) is 0 Å². The van der Waals surface area contributed by atoms with E-state index in [2.05, 4.69) is 17.4 Å². The first-order valence-electron chi connectivity index (χ1n) is 7.64. The Morgan fingerprint density at radius 2 is 2.00 bits per heavy atom. The number of benzene rings is 1. The second kappa shape index (κ2) is 6.37. The lowest BCUT2D eigenvalue weighted by atomic mass is 10.1. The number of ether oxygens (including phenoxy) is 1. The van der Waals surface area contributed by atoms with Gasteiger partial charge in [-0.15, -0.1) is 0 Å². The van der Waals surface area contributed by atoms with E-state index in [1.165, 1.54) is 28.9 Å². The molecular weight excluding hydrogens is 252 g/mol. The SMILES string of the molecule is O=C(CC[NH+]1CCOCC1)Nc1ccc2c(c1)CCC2. The fourth-order valence-corrected chi connectivity index (χ4v) is 3.07. The maximum Gasteiger partial charge on any atom is 0.230 e. The van der Waals surface area contributed by atoms with Crippen LogP contribution in [0.5, 0.6) is 0 Å². The molecular formula is C16H23N2O2+. The van der Waals surface area contributed by atoms with Crippen LogP contribution >= 0.6 is 0 Å². The van der Waals surface area contributed by atoms with Gasteiger partial charge >= 0.3 is 0 Å². The van der Waals surface area contributed by atoms with Gasteiger partial charge in [-0.25, -0.2) is 0 Å². The van der Waals surface area contributed by atoms with Gasteiger partial charge in [-0.1, -0.05) is 6.07 Å². The van der Waals surface area contributed by atoms with E-state index in [1.54, 1.807) is 0 Å². The zero-order valence-corrected chi connectivity index (χ0v) is 11.9. The zero-order chi connectivity index (χ0) is 13.8. The van der Waals surface area contributed by atoms with E-state index < -0.39 is 0 Å². The van der Waals surface area contributed by atoms with Crippen molar-refractivity contribution >= 4 is 11.6 Å². The van der Waals surface area contributed by atoms with Crippen LogP contribution in [-0.2, 0) is 22.4 Å². The van der Waals surface area contributed by atoms with Gasteiger partial charge < -0.3 is 15.0 Å². The van der Waals surface area contributed by atoms with E-state index in [0.29, 0.717) is 6.42 Å². The minimum Gasteiger partial charge on any atom is -0.370 e. The molecule has 1 aromatic carbocycles. The van der Waals surface area contributed by atoms with E-state index in [1.807, 2.05) is 6.07 Å². The summed E-state index contributed by atoms with van der Waals surface area (Å²) in [6.45, 7) is 4.59. The summed E-state index contributed by atoms with van der Waals surface area (Å²) in [5.74, 6) is 0.127. The smallest absolute Gasteiger partial charge is 0.230 e. The monoisotopic (exact) mass is 275 g/mol. The van der Waals surface area contributed by atoms with Gasteiger partial charge in [0, 0.05) is 5.69 Å². The third kappa shape index (κ3) is 3.38. The second-order valence-corrected chi connectivity index (χ2v) is 5.75. The van der Waals surface area contributed by atoms with Crippen LogP contribution in [-0.4, -0.2) is 38.8 Å². The Morgan fingerprint density at radius 1 is 1.20 bits per heavy atom. The van der Waals surface area contributed by atoms with Crippen LogP contribution < -0.4 is 10.2 Å². The van der Waals surface area contributed by atoms with Crippen molar-refractivity contribution in [2.45, 2.75) is 25.7 Å². The van der Waals surface area contributed by atoms with Crippen molar-refractivity contribution in [1.29, 1.82) is 0 Å². The summed E-state index contributed by atoms with van der Waals surface area (Å²) < 4.78 is 5.32. The average molecular weight is 275 g/mol.